The normalized spacial score (nSPS) is 12.1. The Hall–Kier alpha value is -3.76. The third kappa shape index (κ3) is 17.0. The van der Waals surface area contributed by atoms with E-state index >= 15 is 0 Å². The molecule has 0 saturated carbocycles. The standard InChI is InChI=1S/C29H43N3O8/c1-21(33)25(20-22-12-7-6-8-13-22)31-26(35)15-10-5-3-2-4-9-14-23(34)17-18-24(28(38)39)32-29(40)30-19-11-16-27(36)37/h6-8,12-13,24-25H,2-5,9-11,14-20H2,1H3,(H,31,35)(H,36,37)(H,38,39)(H2,30,32,40)/t24-,25-/m0/s1. The summed E-state index contributed by atoms with van der Waals surface area (Å²) < 4.78 is 0. The average Bonchev–Trinajstić information content (AvgIpc) is 2.90. The Kier molecular flexibility index (Phi) is 17.3. The van der Waals surface area contributed by atoms with Crippen molar-refractivity contribution in [1.29, 1.82) is 0 Å². The largest absolute Gasteiger partial charge is 0.481 e. The SMILES string of the molecule is CC(=O)[C@H](Cc1ccccc1)NC(=O)CCCCCCCCC(=O)CC[C@H](NC(=O)NCCCC(=O)O)C(=O)O. The highest BCUT2D eigenvalue weighted by Gasteiger charge is 2.21. The van der Waals surface area contributed by atoms with Crippen molar-refractivity contribution in [1.82, 2.24) is 16.0 Å². The fourth-order valence-corrected chi connectivity index (χ4v) is 4.07. The molecule has 0 aliphatic rings. The van der Waals surface area contributed by atoms with Crippen molar-refractivity contribution >= 4 is 35.4 Å². The molecule has 0 bridgehead atoms. The summed E-state index contributed by atoms with van der Waals surface area (Å²) >= 11 is 0. The fraction of sp³-hybridized carbons (Fsp3) is 0.586. The first-order valence-electron chi connectivity index (χ1n) is 13.9. The van der Waals surface area contributed by atoms with Crippen LogP contribution < -0.4 is 16.0 Å². The molecular formula is C29H43N3O8. The molecule has 0 unspecified atom stereocenters. The van der Waals surface area contributed by atoms with E-state index in [0.29, 0.717) is 25.7 Å². The van der Waals surface area contributed by atoms with E-state index in [0.717, 1.165) is 37.7 Å². The predicted octanol–water partition coefficient (Wildman–Crippen LogP) is 3.39. The van der Waals surface area contributed by atoms with Gasteiger partial charge in [-0.25, -0.2) is 9.59 Å². The maximum absolute atomic E-state index is 12.3. The number of carboxylic acid groups (broad SMARTS) is 2. The second kappa shape index (κ2) is 20.2. The summed E-state index contributed by atoms with van der Waals surface area (Å²) in [6.45, 7) is 1.58. The molecule has 0 aliphatic heterocycles. The highest BCUT2D eigenvalue weighted by molar-refractivity contribution is 5.87. The molecule has 1 aromatic rings. The number of amides is 3. The Bertz CT molecular complexity index is 967. The molecule has 3 amide bonds. The molecule has 222 valence electrons. The van der Waals surface area contributed by atoms with Crippen LogP contribution in [0.4, 0.5) is 4.79 Å². The highest BCUT2D eigenvalue weighted by atomic mass is 16.4. The lowest BCUT2D eigenvalue weighted by atomic mass is 10.0. The minimum atomic E-state index is -1.24. The zero-order valence-corrected chi connectivity index (χ0v) is 23.3. The number of urea groups is 1. The summed E-state index contributed by atoms with van der Waals surface area (Å²) in [5.74, 6) is -2.50. The summed E-state index contributed by atoms with van der Waals surface area (Å²) in [6, 6.07) is 7.11. The molecule has 2 atom stereocenters. The summed E-state index contributed by atoms with van der Waals surface area (Å²) in [7, 11) is 0. The molecule has 0 spiro atoms. The monoisotopic (exact) mass is 561 g/mol. The summed E-state index contributed by atoms with van der Waals surface area (Å²) in [5.41, 5.74) is 0.994. The number of ketones is 2. The molecule has 0 fully saturated rings. The van der Waals surface area contributed by atoms with Crippen molar-refractivity contribution in [2.45, 2.75) is 102 Å². The predicted molar refractivity (Wildman–Crippen MR) is 149 cm³/mol. The van der Waals surface area contributed by atoms with E-state index in [9.17, 15) is 33.9 Å². The lowest BCUT2D eigenvalue weighted by Gasteiger charge is -2.16. The van der Waals surface area contributed by atoms with Gasteiger partial charge in [0.2, 0.25) is 5.91 Å². The van der Waals surface area contributed by atoms with E-state index in [-0.39, 0.29) is 49.7 Å². The van der Waals surface area contributed by atoms with Gasteiger partial charge in [0.1, 0.15) is 11.8 Å². The number of nitrogens with one attached hydrogen (secondary N) is 3. The van der Waals surface area contributed by atoms with Gasteiger partial charge in [-0.1, -0.05) is 56.0 Å². The number of unbranched alkanes of at least 4 members (excludes halogenated alkanes) is 5. The first-order chi connectivity index (χ1) is 19.1. The molecule has 0 saturated heterocycles. The maximum Gasteiger partial charge on any atom is 0.326 e. The number of carboxylic acids is 2. The molecule has 5 N–H and O–H groups in total. The van der Waals surface area contributed by atoms with E-state index in [4.69, 9.17) is 5.11 Å². The molecule has 0 aliphatic carbocycles. The number of aliphatic carboxylic acids is 2. The van der Waals surface area contributed by atoms with Crippen molar-refractivity contribution in [3.05, 3.63) is 35.9 Å². The van der Waals surface area contributed by atoms with E-state index in [1.165, 1.54) is 6.92 Å². The molecular weight excluding hydrogens is 518 g/mol. The van der Waals surface area contributed by atoms with Gasteiger partial charge in [-0.2, -0.15) is 0 Å². The van der Waals surface area contributed by atoms with Gasteiger partial charge in [0, 0.05) is 32.2 Å². The van der Waals surface area contributed by atoms with Crippen molar-refractivity contribution in [3.63, 3.8) is 0 Å². The van der Waals surface area contributed by atoms with Crippen LogP contribution in [0.3, 0.4) is 0 Å². The maximum atomic E-state index is 12.3. The minimum absolute atomic E-state index is 0.0192. The molecule has 1 aromatic carbocycles. The Balaban J connectivity index is 2.13. The zero-order valence-electron chi connectivity index (χ0n) is 23.3. The molecule has 40 heavy (non-hydrogen) atoms. The second-order valence-electron chi connectivity index (χ2n) is 9.91. The number of Topliss-reactive ketones (excluding diaryl/α,β-unsaturated/α-hetero) is 2. The number of benzene rings is 1. The van der Waals surface area contributed by atoms with Crippen molar-refractivity contribution in [2.75, 3.05) is 6.54 Å². The van der Waals surface area contributed by atoms with Gasteiger partial charge in [-0.3, -0.25) is 19.2 Å². The fourth-order valence-electron chi connectivity index (χ4n) is 4.07. The molecule has 0 radical (unpaired) electrons. The Morgan fingerprint density at radius 3 is 1.95 bits per heavy atom. The average molecular weight is 562 g/mol. The van der Waals surface area contributed by atoms with Crippen LogP contribution in [0.1, 0.15) is 89.5 Å². The van der Waals surface area contributed by atoms with Crippen LogP contribution in [0.2, 0.25) is 0 Å². The Labute approximate surface area is 235 Å². The van der Waals surface area contributed by atoms with Gasteiger partial charge in [-0.05, 0) is 44.6 Å². The Morgan fingerprint density at radius 2 is 1.35 bits per heavy atom. The van der Waals surface area contributed by atoms with Gasteiger partial charge in [0.05, 0.1) is 6.04 Å². The number of hydrogen-bond donors (Lipinski definition) is 5. The van der Waals surface area contributed by atoms with Crippen molar-refractivity contribution in [3.8, 4) is 0 Å². The minimum Gasteiger partial charge on any atom is -0.481 e. The van der Waals surface area contributed by atoms with Crippen LogP contribution in [0, 0.1) is 0 Å². The van der Waals surface area contributed by atoms with Gasteiger partial charge >= 0.3 is 18.0 Å². The van der Waals surface area contributed by atoms with Crippen LogP contribution >= 0.6 is 0 Å². The lowest BCUT2D eigenvalue weighted by Crippen LogP contribution is -2.46. The number of hydrogen-bond acceptors (Lipinski definition) is 6. The summed E-state index contributed by atoms with van der Waals surface area (Å²) in [5, 5.41) is 25.4. The third-order valence-corrected chi connectivity index (χ3v) is 6.39. The van der Waals surface area contributed by atoms with Gasteiger partial charge in [-0.15, -0.1) is 0 Å². The number of rotatable bonds is 22. The third-order valence-electron chi connectivity index (χ3n) is 6.39. The van der Waals surface area contributed by atoms with E-state index in [2.05, 4.69) is 16.0 Å². The van der Waals surface area contributed by atoms with Crippen LogP contribution in [-0.2, 0) is 30.4 Å². The van der Waals surface area contributed by atoms with E-state index < -0.39 is 30.1 Å². The Morgan fingerprint density at radius 1 is 0.725 bits per heavy atom. The first-order valence-corrected chi connectivity index (χ1v) is 13.9. The lowest BCUT2D eigenvalue weighted by molar-refractivity contribution is -0.139. The summed E-state index contributed by atoms with van der Waals surface area (Å²) in [4.78, 5) is 70.0. The quantitative estimate of drug-likeness (QED) is 0.134. The number of carbonyl (C=O) groups is 6. The smallest absolute Gasteiger partial charge is 0.326 e. The molecule has 11 nitrogen and oxygen atoms in total. The summed E-state index contributed by atoms with van der Waals surface area (Å²) in [6.07, 6.45) is 6.28. The van der Waals surface area contributed by atoms with Crippen molar-refractivity contribution < 1.29 is 39.0 Å². The van der Waals surface area contributed by atoms with Gasteiger partial charge in [0.25, 0.3) is 0 Å². The van der Waals surface area contributed by atoms with Gasteiger partial charge < -0.3 is 26.2 Å². The zero-order chi connectivity index (χ0) is 29.8. The van der Waals surface area contributed by atoms with Crippen LogP contribution in [0.25, 0.3) is 0 Å². The van der Waals surface area contributed by atoms with Crippen LogP contribution in [0.15, 0.2) is 30.3 Å². The van der Waals surface area contributed by atoms with Crippen LogP contribution in [-0.4, -0.2) is 64.3 Å². The highest BCUT2D eigenvalue weighted by Crippen LogP contribution is 2.11. The molecule has 11 heteroatoms. The topological polar surface area (TPSA) is 179 Å². The molecule has 0 aromatic heterocycles. The first kappa shape index (κ1) is 34.3. The molecule has 0 heterocycles. The molecule has 1 rings (SSSR count). The van der Waals surface area contributed by atoms with Crippen molar-refractivity contribution in [2.24, 2.45) is 0 Å². The number of carbonyl (C=O) groups excluding carboxylic acids is 4. The van der Waals surface area contributed by atoms with E-state index in [1.54, 1.807) is 0 Å². The van der Waals surface area contributed by atoms with Crippen LogP contribution in [0.5, 0.6) is 0 Å². The van der Waals surface area contributed by atoms with E-state index in [1.807, 2.05) is 30.3 Å². The second-order valence-corrected chi connectivity index (χ2v) is 9.91. The van der Waals surface area contributed by atoms with Gasteiger partial charge in [0.15, 0.2) is 5.78 Å².